The van der Waals surface area contributed by atoms with E-state index >= 15 is 0 Å². The fourth-order valence-electron chi connectivity index (χ4n) is 0.608. The minimum atomic E-state index is -5.21. The van der Waals surface area contributed by atoms with Gasteiger partial charge in [0, 0.05) is 0 Å². The lowest BCUT2D eigenvalue weighted by Crippen LogP contribution is -2.38. The Labute approximate surface area is 175 Å². The van der Waals surface area contributed by atoms with Crippen LogP contribution in [0, 0.1) is 0 Å². The summed E-state index contributed by atoms with van der Waals surface area (Å²) in [6.07, 6.45) is -12.6. The van der Waals surface area contributed by atoms with Crippen molar-refractivity contribution < 1.29 is 80.2 Å². The Kier molecular flexibility index (Phi) is 36.3. The van der Waals surface area contributed by atoms with E-state index in [4.69, 9.17) is 0 Å². The Morgan fingerprint density at radius 2 is 0.969 bits per heavy atom. The van der Waals surface area contributed by atoms with Crippen molar-refractivity contribution in [3.8, 4) is 0 Å². The van der Waals surface area contributed by atoms with Crippen LogP contribution in [0.3, 0.4) is 0 Å². The van der Waals surface area contributed by atoms with E-state index < -0.39 is 52.0 Å². The molecule has 0 rings (SSSR count). The first-order valence-electron chi connectivity index (χ1n) is 7.45. The molecule has 3 nitrogen and oxygen atoms in total. The summed E-state index contributed by atoms with van der Waals surface area (Å²) in [7, 11) is 5.92. The number of halogens is 15. The average molecular weight is 526 g/mol. The molecule has 0 heterocycles. The van der Waals surface area contributed by atoms with Gasteiger partial charge in [0.2, 0.25) is 33.4 Å². The smallest absolute Gasteiger partial charge is 0.305 e. The van der Waals surface area contributed by atoms with Crippen molar-refractivity contribution in [2.24, 2.45) is 0 Å². The van der Waals surface area contributed by atoms with Crippen LogP contribution in [0.15, 0.2) is 0 Å². The topological polar surface area (TPSA) is 18.5 Å². The summed E-state index contributed by atoms with van der Waals surface area (Å²) in [4.78, 5) is 2.38. The number of quaternary nitrogens is 1. The first-order valence-corrected chi connectivity index (χ1v) is 7.45. The SMILES string of the molecule is CC(F)(CF)OC(F)(F)CC(F)(F)F.CF.C[N+](C)(C)CF.FCF.FCF.FCOF. The fraction of sp³-hybridized carbons (Fsp3) is 1.00. The second kappa shape index (κ2) is 26.1. The monoisotopic (exact) mass is 526 g/mol. The van der Waals surface area contributed by atoms with E-state index in [0.717, 1.165) is 0 Å². The first-order chi connectivity index (χ1) is 14.3. The number of hydrogen-bond donors (Lipinski definition) is 0. The van der Waals surface area contributed by atoms with Gasteiger partial charge in [0.05, 0.1) is 28.3 Å². The molecular weight excluding hydrogens is 499 g/mol. The van der Waals surface area contributed by atoms with E-state index in [2.05, 4.69) is 9.68 Å². The van der Waals surface area contributed by atoms with Crippen LogP contribution in [0.1, 0.15) is 13.3 Å². The summed E-state index contributed by atoms with van der Waals surface area (Å²) in [5.74, 6) is -3.42. The van der Waals surface area contributed by atoms with Gasteiger partial charge in [-0.3, -0.25) is 9.13 Å². The van der Waals surface area contributed by atoms with Crippen LogP contribution in [0.5, 0.6) is 0 Å². The maximum atomic E-state index is 12.4. The molecule has 0 saturated heterocycles. The third-order valence-corrected chi connectivity index (χ3v) is 1.41. The molecular formula is C14H27F15NO2+. The molecule has 18 heteroatoms. The summed E-state index contributed by atoms with van der Waals surface area (Å²) in [6, 6.07) is 0. The lowest BCUT2D eigenvalue weighted by atomic mass is 10.3. The van der Waals surface area contributed by atoms with Crippen LogP contribution in [-0.2, 0) is 9.68 Å². The summed E-state index contributed by atoms with van der Waals surface area (Å²) >= 11 is 0. The first kappa shape index (κ1) is 44.5. The van der Waals surface area contributed by atoms with E-state index in [0.29, 0.717) is 11.7 Å². The van der Waals surface area contributed by atoms with Gasteiger partial charge in [-0.25, -0.2) is 30.7 Å². The zero-order valence-electron chi connectivity index (χ0n) is 17.7. The van der Waals surface area contributed by atoms with Crippen LogP contribution in [0.25, 0.3) is 0 Å². The second-order valence-electron chi connectivity index (χ2n) is 5.60. The molecule has 0 N–H and O–H groups in total. The van der Waals surface area contributed by atoms with E-state index in [-0.39, 0.29) is 13.7 Å². The van der Waals surface area contributed by atoms with Gasteiger partial charge in [0.15, 0.2) is 0 Å². The zero-order chi connectivity index (χ0) is 27.7. The summed E-state index contributed by atoms with van der Waals surface area (Å²) < 4.78 is 166. The zero-order valence-corrected chi connectivity index (χ0v) is 17.7. The van der Waals surface area contributed by atoms with Crippen LogP contribution in [0.2, 0.25) is 0 Å². The summed E-state index contributed by atoms with van der Waals surface area (Å²) in [6.45, 7) is -6.82. The fourth-order valence-corrected chi connectivity index (χ4v) is 0.608. The molecule has 0 fully saturated rings. The van der Waals surface area contributed by atoms with Crippen molar-refractivity contribution in [3.63, 3.8) is 0 Å². The summed E-state index contributed by atoms with van der Waals surface area (Å²) in [5.41, 5.74) is 0. The van der Waals surface area contributed by atoms with Crippen LogP contribution >= 0.6 is 0 Å². The number of alkyl halides is 14. The van der Waals surface area contributed by atoms with Gasteiger partial charge in [-0.15, -0.1) is 0 Å². The molecule has 0 saturated carbocycles. The van der Waals surface area contributed by atoms with Crippen LogP contribution < -0.4 is 0 Å². The van der Waals surface area contributed by atoms with E-state index in [9.17, 15) is 66.0 Å². The van der Waals surface area contributed by atoms with Gasteiger partial charge < -0.3 is 4.48 Å². The third kappa shape index (κ3) is 70.2. The van der Waals surface area contributed by atoms with Crippen LogP contribution in [0.4, 0.5) is 66.0 Å². The molecule has 0 amide bonds. The average Bonchev–Trinajstić information content (AvgIpc) is 2.62. The Morgan fingerprint density at radius 1 is 0.719 bits per heavy atom. The van der Waals surface area contributed by atoms with Crippen molar-refractivity contribution in [2.45, 2.75) is 31.5 Å². The van der Waals surface area contributed by atoms with Crippen molar-refractivity contribution in [3.05, 3.63) is 0 Å². The Hall–Kier alpha value is -1.17. The molecule has 0 aromatic carbocycles. The minimum absolute atomic E-state index is 0.275. The van der Waals surface area contributed by atoms with E-state index in [1.807, 2.05) is 0 Å². The molecule has 1 unspecified atom stereocenters. The van der Waals surface area contributed by atoms with Gasteiger partial charge in [-0.05, 0) is 11.4 Å². The summed E-state index contributed by atoms with van der Waals surface area (Å²) in [5, 5.41) is 0. The quantitative estimate of drug-likeness (QED) is 0.211. The molecule has 0 aromatic heterocycles. The highest BCUT2D eigenvalue weighted by Crippen LogP contribution is 2.35. The lowest BCUT2D eigenvalue weighted by molar-refractivity contribution is -0.883. The Morgan fingerprint density at radius 3 is 1.09 bits per heavy atom. The van der Waals surface area contributed by atoms with Gasteiger partial charge in [-0.1, -0.05) is 0 Å². The maximum absolute atomic E-state index is 12.4. The van der Waals surface area contributed by atoms with Gasteiger partial charge in [0.25, 0.3) is 0 Å². The van der Waals surface area contributed by atoms with Gasteiger partial charge in [0.1, 0.15) is 13.1 Å². The molecule has 0 bridgehead atoms. The molecule has 0 aliphatic carbocycles. The number of ether oxygens (including phenoxy) is 1. The number of nitrogens with zero attached hydrogens (tertiary/aromatic N) is 1. The molecule has 32 heavy (non-hydrogen) atoms. The number of rotatable bonds is 6. The van der Waals surface area contributed by atoms with Gasteiger partial charge in [-0.2, -0.15) is 31.3 Å². The molecule has 1 atom stereocenters. The molecule has 204 valence electrons. The normalized spacial score (nSPS) is 12.4. The molecule has 0 aliphatic heterocycles. The molecule has 0 spiro atoms. The largest absolute Gasteiger partial charge is 0.397 e. The lowest BCUT2D eigenvalue weighted by Gasteiger charge is -2.25. The third-order valence-electron chi connectivity index (χ3n) is 1.41. The van der Waals surface area contributed by atoms with Crippen molar-refractivity contribution in [1.29, 1.82) is 0 Å². The highest BCUT2D eigenvalue weighted by molar-refractivity contribution is 4.67. The van der Waals surface area contributed by atoms with Crippen molar-refractivity contribution in [2.75, 3.05) is 62.5 Å². The van der Waals surface area contributed by atoms with Crippen molar-refractivity contribution in [1.82, 2.24) is 0 Å². The number of hydrogen-bond acceptors (Lipinski definition) is 2. The van der Waals surface area contributed by atoms with Crippen molar-refractivity contribution >= 4 is 0 Å². The molecule has 0 aromatic rings. The Bertz CT molecular complexity index is 335. The Balaban J connectivity index is -0.0000000775. The minimum Gasteiger partial charge on any atom is -0.305 e. The second-order valence-corrected chi connectivity index (χ2v) is 5.60. The van der Waals surface area contributed by atoms with E-state index in [1.165, 1.54) is 0 Å². The predicted octanol–water partition coefficient (Wildman–Crippen LogP) is 6.99. The highest BCUT2D eigenvalue weighted by Gasteiger charge is 2.49. The highest BCUT2D eigenvalue weighted by atomic mass is 19.4. The molecule has 0 radical (unpaired) electrons. The van der Waals surface area contributed by atoms with E-state index in [1.54, 1.807) is 21.1 Å². The molecule has 0 aliphatic rings. The van der Waals surface area contributed by atoms with Crippen LogP contribution in [-0.4, -0.2) is 85.1 Å². The van der Waals surface area contributed by atoms with Gasteiger partial charge >= 0.3 is 12.3 Å². The maximum Gasteiger partial charge on any atom is 0.397 e. The standard InChI is InChI=1S/C6H7F7O.C4H11FN.CH2F2O.2CH2F2.CH3F/c1-4(8,3-7)14-6(12,13)2-5(9,10)11;1-6(2,3)4-5;2-1-4-3;2*2-1-3;1-2/h2-3H2,1H3;4H2,1-3H3;1H2;2*1H2;1H3/q;+1;;;;. The predicted molar refractivity (Wildman–Crippen MR) is 85.6 cm³/mol.